The Morgan fingerprint density at radius 2 is 1.56 bits per heavy atom. The van der Waals surface area contributed by atoms with Gasteiger partial charge in [-0.25, -0.2) is 4.79 Å². The van der Waals surface area contributed by atoms with Crippen molar-refractivity contribution in [3.05, 3.63) is 183 Å². The summed E-state index contributed by atoms with van der Waals surface area (Å²) in [7, 11) is 0. The molecular weight excluding hydrogens is 849 g/mol. The van der Waals surface area contributed by atoms with Gasteiger partial charge in [-0.15, -0.1) is 0 Å². The average molecular weight is 885 g/mol. The fourth-order valence-electron chi connectivity index (χ4n) is 7.66. The number of hydrogen-bond donors (Lipinski definition) is 3. The number of carbonyl (C=O) groups is 4. The minimum absolute atomic E-state index is 0.00689. The van der Waals surface area contributed by atoms with E-state index in [1.54, 1.807) is 91.0 Å². The molecule has 8 rings (SSSR count). The van der Waals surface area contributed by atoms with E-state index in [-0.39, 0.29) is 31.6 Å². The molecule has 322 valence electrons. The number of anilines is 1. The summed E-state index contributed by atoms with van der Waals surface area (Å²) < 4.78 is 51.9. The number of benzene rings is 6. The van der Waals surface area contributed by atoms with Crippen LogP contribution in [0, 0.1) is 11.3 Å². The molecule has 6 aromatic carbocycles. The smallest absolute Gasteiger partial charge is 0.417 e. The quantitative estimate of drug-likeness (QED) is 0.116. The van der Waals surface area contributed by atoms with Crippen LogP contribution in [-0.2, 0) is 46.6 Å². The largest absolute Gasteiger partial charge is 0.489 e. The number of carboxylic acid groups (broad SMARTS) is 1. The van der Waals surface area contributed by atoms with Crippen LogP contribution in [0.1, 0.15) is 55.4 Å². The molecule has 0 aliphatic carbocycles. The number of alkyl halides is 3. The summed E-state index contributed by atoms with van der Waals surface area (Å²) in [5, 5.41) is 24.5. The number of nitrogens with zero attached hydrogens (tertiary/aromatic N) is 2. The van der Waals surface area contributed by atoms with Crippen LogP contribution in [0.2, 0.25) is 5.02 Å². The lowest BCUT2D eigenvalue weighted by Crippen LogP contribution is -2.56. The van der Waals surface area contributed by atoms with E-state index in [0.717, 1.165) is 23.3 Å². The molecule has 3 atom stereocenters. The van der Waals surface area contributed by atoms with Gasteiger partial charge in [-0.1, -0.05) is 84.4 Å². The number of hydrogen-bond acceptors (Lipinski definition) is 7. The summed E-state index contributed by atoms with van der Waals surface area (Å²) in [6.45, 7) is -0.197. The van der Waals surface area contributed by atoms with E-state index in [1.807, 2.05) is 24.3 Å². The molecule has 15 heteroatoms. The van der Waals surface area contributed by atoms with Gasteiger partial charge in [0.1, 0.15) is 30.2 Å². The Kier molecular flexibility index (Phi) is 12.1. The van der Waals surface area contributed by atoms with Gasteiger partial charge in [-0.2, -0.15) is 18.4 Å². The number of nitriles is 1. The van der Waals surface area contributed by atoms with Crippen LogP contribution in [-0.4, -0.2) is 45.8 Å². The predicted octanol–water partition coefficient (Wildman–Crippen LogP) is 8.93. The van der Waals surface area contributed by atoms with E-state index in [0.29, 0.717) is 50.6 Å². The molecule has 0 aromatic heterocycles. The maximum atomic E-state index is 14.1. The summed E-state index contributed by atoms with van der Waals surface area (Å²) >= 11 is 5.74. The van der Waals surface area contributed by atoms with Crippen molar-refractivity contribution >= 4 is 41.0 Å². The summed E-state index contributed by atoms with van der Waals surface area (Å²) in [5.74, 6) is -2.19. The standard InChI is InChI=1S/C49H36ClF3N4O7/c50-39-19-10-30(20-38(39)49(51,52)53)27-63-37-17-15-33(16-18-37)44-46(59)55-40-22-35-23-42(57(26-36(35)24-43(40)64-44)47(60)34-4-2-1-3-5-34)45(58)56-41(48(61)62)21-28-6-11-31(12-7-28)32-13-8-29(25-54)9-14-32/h1-20,22,24,41-42,44H,21,23,26-27H2,(H,55,59)(H,56,58)(H,61,62)/t41-,42-,44?/m0/s1. The van der Waals surface area contributed by atoms with Crippen molar-refractivity contribution in [3.8, 4) is 28.7 Å². The summed E-state index contributed by atoms with van der Waals surface area (Å²) in [5.41, 5.74) is 4.66. The minimum atomic E-state index is -4.62. The molecule has 2 heterocycles. The first-order valence-corrected chi connectivity index (χ1v) is 20.3. The highest BCUT2D eigenvalue weighted by Gasteiger charge is 2.39. The second kappa shape index (κ2) is 18.0. The highest BCUT2D eigenvalue weighted by molar-refractivity contribution is 6.31. The molecule has 0 bridgehead atoms. The van der Waals surface area contributed by atoms with Crippen LogP contribution in [0.15, 0.2) is 133 Å². The van der Waals surface area contributed by atoms with Crippen molar-refractivity contribution in [3.63, 3.8) is 0 Å². The van der Waals surface area contributed by atoms with Gasteiger partial charge in [0, 0.05) is 30.5 Å². The number of carbonyl (C=O) groups excluding carboxylic acids is 3. The first-order valence-electron chi connectivity index (χ1n) is 19.9. The Morgan fingerprint density at radius 1 is 0.891 bits per heavy atom. The average Bonchev–Trinajstić information content (AvgIpc) is 3.30. The molecule has 6 aromatic rings. The van der Waals surface area contributed by atoms with Crippen molar-refractivity contribution in [1.82, 2.24) is 10.2 Å². The first kappa shape index (κ1) is 43.0. The third-order valence-electron chi connectivity index (χ3n) is 11.0. The number of aliphatic carboxylic acids is 1. The van der Waals surface area contributed by atoms with Gasteiger partial charge in [0.2, 0.25) is 12.0 Å². The van der Waals surface area contributed by atoms with Crippen LogP contribution in [0.5, 0.6) is 11.5 Å². The highest BCUT2D eigenvalue weighted by Crippen LogP contribution is 2.40. The Morgan fingerprint density at radius 3 is 2.22 bits per heavy atom. The molecule has 0 radical (unpaired) electrons. The summed E-state index contributed by atoms with van der Waals surface area (Å²) in [6.07, 6.45) is -5.74. The Balaban J connectivity index is 0.982. The minimum Gasteiger partial charge on any atom is -0.489 e. The lowest BCUT2D eigenvalue weighted by Gasteiger charge is -2.37. The van der Waals surface area contributed by atoms with Gasteiger partial charge in [-0.3, -0.25) is 14.4 Å². The molecular formula is C49H36ClF3N4O7. The van der Waals surface area contributed by atoms with Crippen molar-refractivity contribution in [2.75, 3.05) is 5.32 Å². The first-order chi connectivity index (χ1) is 30.7. The van der Waals surface area contributed by atoms with Crippen LogP contribution < -0.4 is 20.1 Å². The maximum absolute atomic E-state index is 14.1. The van der Waals surface area contributed by atoms with Crippen molar-refractivity contribution in [2.24, 2.45) is 0 Å². The van der Waals surface area contributed by atoms with Crippen LogP contribution >= 0.6 is 11.6 Å². The topological polar surface area (TPSA) is 158 Å². The number of rotatable bonds is 11. The zero-order valence-corrected chi connectivity index (χ0v) is 34.3. The molecule has 64 heavy (non-hydrogen) atoms. The van der Waals surface area contributed by atoms with E-state index >= 15 is 0 Å². The van der Waals surface area contributed by atoms with E-state index in [2.05, 4.69) is 16.7 Å². The second-order valence-electron chi connectivity index (χ2n) is 15.3. The zero-order valence-electron chi connectivity index (χ0n) is 33.6. The maximum Gasteiger partial charge on any atom is 0.417 e. The molecule has 0 saturated carbocycles. The van der Waals surface area contributed by atoms with Crippen molar-refractivity contribution in [2.45, 2.75) is 50.4 Å². The molecule has 11 nitrogen and oxygen atoms in total. The Hall–Kier alpha value is -7.63. The van der Waals surface area contributed by atoms with Gasteiger partial charge in [-0.05, 0) is 94.0 Å². The van der Waals surface area contributed by atoms with Crippen LogP contribution in [0.25, 0.3) is 11.1 Å². The number of nitrogens with one attached hydrogen (secondary N) is 2. The third-order valence-corrected chi connectivity index (χ3v) is 11.4. The fourth-order valence-corrected chi connectivity index (χ4v) is 7.89. The van der Waals surface area contributed by atoms with Gasteiger partial charge in [0.25, 0.3) is 11.8 Å². The summed E-state index contributed by atoms with van der Waals surface area (Å²) in [4.78, 5) is 55.6. The Bertz CT molecular complexity index is 2800. The lowest BCUT2D eigenvalue weighted by atomic mass is 9.91. The van der Waals surface area contributed by atoms with Gasteiger partial charge in [0.05, 0.1) is 27.9 Å². The van der Waals surface area contributed by atoms with Crippen LogP contribution in [0.3, 0.4) is 0 Å². The van der Waals surface area contributed by atoms with Gasteiger partial charge < -0.3 is 30.1 Å². The number of carboxylic acids is 1. The summed E-state index contributed by atoms with van der Waals surface area (Å²) in [6, 6.07) is 35.6. The number of fused-ring (bicyclic) bond motifs is 2. The zero-order chi connectivity index (χ0) is 45.1. The van der Waals surface area contributed by atoms with E-state index in [1.165, 1.54) is 11.0 Å². The fraction of sp³-hybridized carbons (Fsp3) is 0.163. The normalized spacial score (nSPS) is 15.9. The van der Waals surface area contributed by atoms with Crippen molar-refractivity contribution < 1.29 is 46.9 Å². The monoisotopic (exact) mass is 884 g/mol. The number of amides is 3. The van der Waals surface area contributed by atoms with E-state index < -0.39 is 58.6 Å². The second-order valence-corrected chi connectivity index (χ2v) is 15.7. The van der Waals surface area contributed by atoms with Gasteiger partial charge >= 0.3 is 12.1 Å². The lowest BCUT2D eigenvalue weighted by molar-refractivity contribution is -0.142. The molecule has 0 spiro atoms. The van der Waals surface area contributed by atoms with Crippen molar-refractivity contribution in [1.29, 1.82) is 5.26 Å². The van der Waals surface area contributed by atoms with E-state index in [4.69, 9.17) is 26.3 Å². The predicted molar refractivity (Wildman–Crippen MR) is 229 cm³/mol. The number of halogens is 4. The number of ether oxygens (including phenoxy) is 2. The molecule has 2 aliphatic heterocycles. The van der Waals surface area contributed by atoms with Gasteiger partial charge in [0.15, 0.2) is 0 Å². The molecule has 0 fully saturated rings. The Labute approximate surface area is 369 Å². The molecule has 2 aliphatic rings. The van der Waals surface area contributed by atoms with Crippen LogP contribution in [0.4, 0.5) is 18.9 Å². The molecule has 3 N–H and O–H groups in total. The van der Waals surface area contributed by atoms with E-state index in [9.17, 15) is 37.5 Å². The molecule has 0 saturated heterocycles. The SMILES string of the molecule is N#Cc1ccc(-c2ccc(C[C@H](NC(=O)[C@@H]3Cc4cc5c(cc4CN3C(=O)c3ccccc3)OC(c3ccc(OCc4ccc(Cl)c(C(F)(F)F)c4)cc3)C(=O)N5)C(=O)O)cc2)cc1. The highest BCUT2D eigenvalue weighted by atomic mass is 35.5. The third kappa shape index (κ3) is 9.40. The molecule has 3 amide bonds. The molecule has 1 unspecified atom stereocenters.